The van der Waals surface area contributed by atoms with Gasteiger partial charge in [-0.1, -0.05) is 61.0 Å². The van der Waals surface area contributed by atoms with Crippen LogP contribution in [-0.2, 0) is 4.74 Å². The van der Waals surface area contributed by atoms with E-state index in [0.717, 1.165) is 12.8 Å². The molecular weight excluding hydrogens is 294 g/mol. The quantitative estimate of drug-likeness (QED) is 0.875. The van der Waals surface area contributed by atoms with E-state index in [2.05, 4.69) is 66.8 Å². The summed E-state index contributed by atoms with van der Waals surface area (Å²) in [5.41, 5.74) is 3.86. The molecule has 0 aromatic heterocycles. The summed E-state index contributed by atoms with van der Waals surface area (Å²) in [6, 6.07) is 20.6. The summed E-state index contributed by atoms with van der Waals surface area (Å²) in [7, 11) is 0. The lowest BCUT2D eigenvalue weighted by Gasteiger charge is -2.41. The Hall–Kier alpha value is -1.64. The summed E-state index contributed by atoms with van der Waals surface area (Å²) in [5, 5.41) is 3.77. The molecule has 2 heterocycles. The first-order valence-corrected chi connectivity index (χ1v) is 9.31. The Labute approximate surface area is 145 Å². The number of fused-ring (bicyclic) bond motifs is 2. The van der Waals surface area contributed by atoms with Gasteiger partial charge in [-0.25, -0.2) is 0 Å². The van der Waals surface area contributed by atoms with Gasteiger partial charge in [0.1, 0.15) is 6.10 Å². The molecule has 3 unspecified atom stereocenters. The highest BCUT2D eigenvalue weighted by molar-refractivity contribution is 5.35. The summed E-state index contributed by atoms with van der Waals surface area (Å²) in [6.07, 6.45) is 6.66. The molecule has 4 rings (SSSR count). The molecule has 0 aliphatic carbocycles. The van der Waals surface area contributed by atoms with Gasteiger partial charge in [-0.15, -0.1) is 0 Å². The van der Waals surface area contributed by atoms with Gasteiger partial charge in [-0.2, -0.15) is 0 Å². The molecular formula is C22H27NO. The van der Waals surface area contributed by atoms with Crippen molar-refractivity contribution < 1.29 is 4.74 Å². The van der Waals surface area contributed by atoms with Crippen LogP contribution in [0.25, 0.3) is 0 Å². The third kappa shape index (κ3) is 3.40. The van der Waals surface area contributed by atoms with Crippen LogP contribution < -0.4 is 5.32 Å². The highest BCUT2D eigenvalue weighted by atomic mass is 16.5. The zero-order valence-corrected chi connectivity index (χ0v) is 14.4. The molecule has 24 heavy (non-hydrogen) atoms. The van der Waals surface area contributed by atoms with E-state index in [0.29, 0.717) is 18.2 Å². The van der Waals surface area contributed by atoms with Crippen LogP contribution in [0, 0.1) is 6.92 Å². The predicted octanol–water partition coefficient (Wildman–Crippen LogP) is 4.77. The van der Waals surface area contributed by atoms with Crippen molar-refractivity contribution >= 4 is 0 Å². The maximum Gasteiger partial charge on any atom is 0.108 e. The second-order valence-corrected chi connectivity index (χ2v) is 7.37. The van der Waals surface area contributed by atoms with Crippen LogP contribution in [0.4, 0.5) is 0 Å². The molecule has 0 radical (unpaired) electrons. The topological polar surface area (TPSA) is 21.3 Å². The molecule has 2 fully saturated rings. The van der Waals surface area contributed by atoms with Gasteiger partial charge in [-0.3, -0.25) is 0 Å². The van der Waals surface area contributed by atoms with Crippen molar-refractivity contribution in [2.75, 3.05) is 0 Å². The predicted molar refractivity (Wildman–Crippen MR) is 98.1 cm³/mol. The van der Waals surface area contributed by atoms with Crippen molar-refractivity contribution in [3.8, 4) is 0 Å². The molecule has 2 saturated heterocycles. The van der Waals surface area contributed by atoms with Crippen LogP contribution >= 0.6 is 0 Å². The molecule has 2 aromatic rings. The first-order chi connectivity index (χ1) is 11.8. The first kappa shape index (κ1) is 15.9. The lowest BCUT2D eigenvalue weighted by Crippen LogP contribution is -2.51. The molecule has 2 aliphatic rings. The smallest absolute Gasteiger partial charge is 0.108 e. The van der Waals surface area contributed by atoms with Gasteiger partial charge < -0.3 is 10.1 Å². The molecule has 126 valence electrons. The third-order valence-electron chi connectivity index (χ3n) is 5.57. The van der Waals surface area contributed by atoms with Gasteiger partial charge >= 0.3 is 0 Å². The molecule has 0 amide bonds. The normalized spacial score (nSPS) is 27.6. The van der Waals surface area contributed by atoms with Gasteiger partial charge in [0.05, 0.1) is 6.10 Å². The van der Waals surface area contributed by atoms with Crippen molar-refractivity contribution in [2.45, 2.75) is 63.3 Å². The molecule has 0 saturated carbocycles. The lowest BCUT2D eigenvalue weighted by atomic mass is 9.85. The Morgan fingerprint density at radius 1 is 0.917 bits per heavy atom. The van der Waals surface area contributed by atoms with E-state index < -0.39 is 0 Å². The van der Waals surface area contributed by atoms with E-state index >= 15 is 0 Å². The maximum atomic E-state index is 6.74. The Kier molecular flexibility index (Phi) is 4.68. The number of rotatable bonds is 4. The zero-order valence-electron chi connectivity index (χ0n) is 14.4. The summed E-state index contributed by atoms with van der Waals surface area (Å²) in [4.78, 5) is 0. The van der Waals surface area contributed by atoms with E-state index in [1.165, 1.54) is 36.0 Å². The fraction of sp³-hybridized carbons (Fsp3) is 0.455. The van der Waals surface area contributed by atoms with Crippen LogP contribution in [0.2, 0.25) is 0 Å². The summed E-state index contributed by atoms with van der Waals surface area (Å²) in [5.74, 6) is 0. The van der Waals surface area contributed by atoms with E-state index in [1.54, 1.807) is 0 Å². The lowest BCUT2D eigenvalue weighted by molar-refractivity contribution is -0.0336. The molecule has 2 bridgehead atoms. The van der Waals surface area contributed by atoms with Gasteiger partial charge in [0.25, 0.3) is 0 Å². The second-order valence-electron chi connectivity index (χ2n) is 7.37. The number of hydrogen-bond acceptors (Lipinski definition) is 2. The van der Waals surface area contributed by atoms with Crippen molar-refractivity contribution in [1.82, 2.24) is 5.32 Å². The number of piperidine rings is 2. The minimum absolute atomic E-state index is 0.0382. The zero-order chi connectivity index (χ0) is 16.4. The number of aryl methyl sites for hydroxylation is 1. The van der Waals surface area contributed by atoms with E-state index in [4.69, 9.17) is 4.74 Å². The molecule has 3 atom stereocenters. The van der Waals surface area contributed by atoms with Crippen molar-refractivity contribution in [1.29, 1.82) is 0 Å². The Bertz CT molecular complexity index is 657. The van der Waals surface area contributed by atoms with Gasteiger partial charge in [0, 0.05) is 12.1 Å². The summed E-state index contributed by atoms with van der Waals surface area (Å²) in [6.45, 7) is 2.19. The van der Waals surface area contributed by atoms with Gasteiger partial charge in [-0.05, 0) is 49.3 Å². The van der Waals surface area contributed by atoms with E-state index in [9.17, 15) is 0 Å². The van der Waals surface area contributed by atoms with Crippen LogP contribution in [0.5, 0.6) is 0 Å². The van der Waals surface area contributed by atoms with Crippen molar-refractivity contribution in [3.05, 3.63) is 71.3 Å². The summed E-state index contributed by atoms with van der Waals surface area (Å²) >= 11 is 0. The number of benzene rings is 2. The molecule has 2 nitrogen and oxygen atoms in total. The van der Waals surface area contributed by atoms with Gasteiger partial charge in [0.2, 0.25) is 0 Å². The molecule has 0 spiro atoms. The molecule has 1 N–H and O–H groups in total. The van der Waals surface area contributed by atoms with E-state index in [1.807, 2.05) is 0 Å². The molecule has 2 aromatic carbocycles. The fourth-order valence-corrected chi connectivity index (χ4v) is 4.36. The largest absolute Gasteiger partial charge is 0.365 e. The van der Waals surface area contributed by atoms with Crippen LogP contribution in [0.1, 0.15) is 54.9 Å². The average Bonchev–Trinajstić information content (AvgIpc) is 2.61. The van der Waals surface area contributed by atoms with Crippen molar-refractivity contribution in [2.24, 2.45) is 0 Å². The van der Waals surface area contributed by atoms with Crippen LogP contribution in [0.3, 0.4) is 0 Å². The highest BCUT2D eigenvalue weighted by Gasteiger charge is 2.33. The Morgan fingerprint density at radius 3 is 2.29 bits per heavy atom. The number of nitrogens with one attached hydrogen (secondary N) is 1. The third-order valence-corrected chi connectivity index (χ3v) is 5.57. The fourth-order valence-electron chi connectivity index (χ4n) is 4.36. The first-order valence-electron chi connectivity index (χ1n) is 9.31. The Balaban J connectivity index is 1.60. The van der Waals surface area contributed by atoms with Crippen molar-refractivity contribution in [3.63, 3.8) is 0 Å². The monoisotopic (exact) mass is 321 g/mol. The van der Waals surface area contributed by atoms with Gasteiger partial charge in [0.15, 0.2) is 0 Å². The average molecular weight is 321 g/mol. The Morgan fingerprint density at radius 2 is 1.58 bits per heavy atom. The molecule has 2 heteroatoms. The maximum absolute atomic E-state index is 6.74. The van der Waals surface area contributed by atoms with Crippen LogP contribution in [0.15, 0.2) is 54.6 Å². The number of ether oxygens (including phenoxy) is 1. The standard InChI is InChI=1S/C22H27NO/c1-16-8-5-6-13-21(16)22(17-9-3-2-4-10-17)24-20-14-18-11-7-12-19(15-20)23-18/h2-6,8-10,13,18-20,22-23H,7,11-12,14-15H2,1H3. The van der Waals surface area contributed by atoms with Crippen LogP contribution in [-0.4, -0.2) is 18.2 Å². The highest BCUT2D eigenvalue weighted by Crippen LogP contribution is 2.34. The van der Waals surface area contributed by atoms with E-state index in [-0.39, 0.29) is 6.10 Å². The minimum atomic E-state index is 0.0382. The summed E-state index contributed by atoms with van der Waals surface area (Å²) < 4.78 is 6.74. The number of hydrogen-bond donors (Lipinski definition) is 1. The minimum Gasteiger partial charge on any atom is -0.365 e. The molecule has 2 aliphatic heterocycles. The SMILES string of the molecule is Cc1ccccc1C(OC1CC2CCCC(C1)N2)c1ccccc1. The second kappa shape index (κ2) is 7.08.